The fourth-order valence-electron chi connectivity index (χ4n) is 1.18. The van der Waals surface area contributed by atoms with Gasteiger partial charge in [0.1, 0.15) is 5.75 Å². The minimum Gasteiger partial charge on any atom is -0.497 e. The van der Waals surface area contributed by atoms with E-state index in [1.54, 1.807) is 7.11 Å². The Balaban J connectivity index is 2.73. The van der Waals surface area contributed by atoms with E-state index in [1.165, 1.54) is 0 Å². The fraction of sp³-hybridized carbons (Fsp3) is 0.500. The predicted octanol–water partition coefficient (Wildman–Crippen LogP) is 3.03. The van der Waals surface area contributed by atoms with Crippen LogP contribution in [0.15, 0.2) is 22.7 Å². The van der Waals surface area contributed by atoms with Gasteiger partial charge in [-0.2, -0.15) is 0 Å². The lowest BCUT2D eigenvalue weighted by atomic mass is 10.0. The highest BCUT2D eigenvalue weighted by Crippen LogP contribution is 2.27. The minimum atomic E-state index is -0.692. The average molecular weight is 288 g/mol. The number of hydrogen-bond acceptors (Lipinski definition) is 3. The van der Waals surface area contributed by atoms with E-state index in [0.29, 0.717) is 13.0 Å². The molecule has 4 heteroatoms. The maximum Gasteiger partial charge on any atom is 0.121 e. The molecule has 0 aliphatic rings. The molecule has 0 aromatic heterocycles. The minimum absolute atomic E-state index is 0.509. The fourth-order valence-corrected chi connectivity index (χ4v) is 1.56. The number of ether oxygens (including phenoxy) is 1. The highest BCUT2D eigenvalue weighted by atomic mass is 79.9. The van der Waals surface area contributed by atoms with E-state index < -0.39 is 5.60 Å². The Morgan fingerprint density at radius 1 is 1.50 bits per heavy atom. The Hall–Kier alpha value is -0.740. The zero-order valence-electron chi connectivity index (χ0n) is 9.88. The molecule has 0 saturated heterocycles. The first-order valence-electron chi connectivity index (χ1n) is 5.28. The van der Waals surface area contributed by atoms with E-state index in [4.69, 9.17) is 4.74 Å². The van der Waals surface area contributed by atoms with E-state index in [-0.39, 0.29) is 0 Å². The molecule has 0 radical (unpaired) electrons. The van der Waals surface area contributed by atoms with Crippen LogP contribution in [0, 0.1) is 0 Å². The molecule has 0 aliphatic heterocycles. The van der Waals surface area contributed by atoms with Crippen LogP contribution in [-0.4, -0.2) is 24.4 Å². The van der Waals surface area contributed by atoms with Crippen LogP contribution in [0.1, 0.15) is 20.3 Å². The summed E-state index contributed by atoms with van der Waals surface area (Å²) >= 11 is 3.45. The molecule has 2 N–H and O–H groups in total. The number of methoxy groups -OCH3 is 1. The highest BCUT2D eigenvalue weighted by molar-refractivity contribution is 9.10. The first-order chi connectivity index (χ1) is 7.48. The van der Waals surface area contributed by atoms with Crippen LogP contribution in [-0.2, 0) is 0 Å². The van der Waals surface area contributed by atoms with Gasteiger partial charge in [0.15, 0.2) is 0 Å². The van der Waals surface area contributed by atoms with Crippen molar-refractivity contribution in [2.24, 2.45) is 0 Å². The van der Waals surface area contributed by atoms with Crippen molar-refractivity contribution in [3.05, 3.63) is 22.7 Å². The number of benzene rings is 1. The monoisotopic (exact) mass is 287 g/mol. The van der Waals surface area contributed by atoms with Gasteiger partial charge in [-0.1, -0.05) is 6.92 Å². The summed E-state index contributed by atoms with van der Waals surface area (Å²) in [4.78, 5) is 0. The number of aliphatic hydroxyl groups is 1. The Bertz CT molecular complexity index is 353. The number of nitrogens with one attached hydrogen (secondary N) is 1. The molecule has 1 atom stereocenters. The van der Waals surface area contributed by atoms with Gasteiger partial charge in [-0.25, -0.2) is 0 Å². The Morgan fingerprint density at radius 3 is 2.75 bits per heavy atom. The van der Waals surface area contributed by atoms with Gasteiger partial charge in [0.2, 0.25) is 0 Å². The molecular formula is C12H18BrNO2. The summed E-state index contributed by atoms with van der Waals surface area (Å²) in [6, 6.07) is 5.70. The Kier molecular flexibility index (Phi) is 4.62. The lowest BCUT2D eigenvalue weighted by molar-refractivity contribution is 0.0697. The van der Waals surface area contributed by atoms with E-state index in [0.717, 1.165) is 15.9 Å². The third-order valence-electron chi connectivity index (χ3n) is 2.59. The van der Waals surface area contributed by atoms with Gasteiger partial charge in [0.25, 0.3) is 0 Å². The summed E-state index contributed by atoms with van der Waals surface area (Å²) in [6.07, 6.45) is 0.710. The summed E-state index contributed by atoms with van der Waals surface area (Å²) in [5.41, 5.74) is 0.232. The predicted molar refractivity (Wildman–Crippen MR) is 70.1 cm³/mol. The van der Waals surface area contributed by atoms with E-state index in [2.05, 4.69) is 21.2 Å². The van der Waals surface area contributed by atoms with E-state index >= 15 is 0 Å². The van der Waals surface area contributed by atoms with Crippen molar-refractivity contribution in [1.82, 2.24) is 0 Å². The quantitative estimate of drug-likeness (QED) is 0.875. The second kappa shape index (κ2) is 5.55. The second-order valence-electron chi connectivity index (χ2n) is 4.05. The first kappa shape index (κ1) is 13.3. The Labute approximate surface area is 105 Å². The molecule has 1 rings (SSSR count). The Morgan fingerprint density at radius 2 is 2.19 bits per heavy atom. The molecule has 1 aromatic carbocycles. The van der Waals surface area contributed by atoms with E-state index in [1.807, 2.05) is 32.0 Å². The number of rotatable bonds is 5. The smallest absolute Gasteiger partial charge is 0.121 e. The number of anilines is 1. The molecule has 0 spiro atoms. The molecule has 0 amide bonds. The van der Waals surface area contributed by atoms with Gasteiger partial charge < -0.3 is 15.2 Å². The van der Waals surface area contributed by atoms with Crippen LogP contribution in [0.3, 0.4) is 0 Å². The molecule has 0 bridgehead atoms. The van der Waals surface area contributed by atoms with Gasteiger partial charge in [0.05, 0.1) is 18.4 Å². The number of halogens is 1. The van der Waals surface area contributed by atoms with Gasteiger partial charge in [-0.05, 0) is 41.4 Å². The van der Waals surface area contributed by atoms with E-state index in [9.17, 15) is 5.11 Å². The summed E-state index contributed by atoms with van der Waals surface area (Å²) in [7, 11) is 1.63. The third kappa shape index (κ3) is 3.68. The summed E-state index contributed by atoms with van der Waals surface area (Å²) in [5.74, 6) is 0.793. The molecule has 1 aromatic rings. The van der Waals surface area contributed by atoms with Crippen LogP contribution >= 0.6 is 15.9 Å². The van der Waals surface area contributed by atoms with Crippen LogP contribution < -0.4 is 10.1 Å². The molecule has 0 saturated carbocycles. The summed E-state index contributed by atoms with van der Waals surface area (Å²) < 4.78 is 6.10. The molecule has 0 aliphatic carbocycles. The highest BCUT2D eigenvalue weighted by Gasteiger charge is 2.17. The molecule has 3 nitrogen and oxygen atoms in total. The normalized spacial score (nSPS) is 14.3. The zero-order valence-corrected chi connectivity index (χ0v) is 11.5. The van der Waals surface area contributed by atoms with Crippen molar-refractivity contribution in [1.29, 1.82) is 0 Å². The van der Waals surface area contributed by atoms with Crippen molar-refractivity contribution in [3.8, 4) is 5.75 Å². The van der Waals surface area contributed by atoms with Crippen LogP contribution in [0.2, 0.25) is 0 Å². The van der Waals surface area contributed by atoms with Gasteiger partial charge in [-0.15, -0.1) is 0 Å². The average Bonchev–Trinajstić information content (AvgIpc) is 2.28. The van der Waals surface area contributed by atoms with Gasteiger partial charge in [-0.3, -0.25) is 0 Å². The molecule has 1 unspecified atom stereocenters. The maximum atomic E-state index is 9.89. The standard InChI is InChI=1S/C12H18BrNO2/c1-4-12(2,15)8-14-11-7-9(16-3)5-6-10(11)13/h5-7,14-15H,4,8H2,1-3H3. The zero-order chi connectivity index (χ0) is 12.2. The molecule has 0 heterocycles. The molecule has 0 fully saturated rings. The van der Waals surface area contributed by atoms with Crippen molar-refractivity contribution >= 4 is 21.6 Å². The topological polar surface area (TPSA) is 41.5 Å². The van der Waals surface area contributed by atoms with Gasteiger partial charge in [0, 0.05) is 17.1 Å². The van der Waals surface area contributed by atoms with Crippen LogP contribution in [0.25, 0.3) is 0 Å². The number of hydrogen-bond donors (Lipinski definition) is 2. The SMILES string of the molecule is CCC(C)(O)CNc1cc(OC)ccc1Br. The van der Waals surface area contributed by atoms with Gasteiger partial charge >= 0.3 is 0 Å². The van der Waals surface area contributed by atoms with Crippen LogP contribution in [0.4, 0.5) is 5.69 Å². The summed E-state index contributed by atoms with van der Waals surface area (Å²) in [5, 5.41) is 13.1. The van der Waals surface area contributed by atoms with Crippen molar-refractivity contribution in [3.63, 3.8) is 0 Å². The maximum absolute atomic E-state index is 9.89. The summed E-state index contributed by atoms with van der Waals surface area (Å²) in [6.45, 7) is 4.28. The molecule has 90 valence electrons. The first-order valence-corrected chi connectivity index (χ1v) is 6.07. The largest absolute Gasteiger partial charge is 0.497 e. The second-order valence-corrected chi connectivity index (χ2v) is 4.90. The van der Waals surface area contributed by atoms with Crippen molar-refractivity contribution in [2.75, 3.05) is 19.0 Å². The van der Waals surface area contributed by atoms with Crippen LogP contribution in [0.5, 0.6) is 5.75 Å². The molecule has 16 heavy (non-hydrogen) atoms. The molecular weight excluding hydrogens is 270 g/mol. The van der Waals surface area contributed by atoms with Crippen molar-refractivity contribution in [2.45, 2.75) is 25.9 Å². The lowest BCUT2D eigenvalue weighted by Crippen LogP contribution is -2.32. The third-order valence-corrected chi connectivity index (χ3v) is 3.29. The van der Waals surface area contributed by atoms with Crippen molar-refractivity contribution < 1.29 is 9.84 Å². The lowest BCUT2D eigenvalue weighted by Gasteiger charge is -2.22.